The number of hydrogen-bond acceptors (Lipinski definition) is 3. The van der Waals surface area contributed by atoms with Gasteiger partial charge in [0.05, 0.1) is 5.97 Å². The zero-order chi connectivity index (χ0) is 11.1. The molecule has 1 aliphatic carbocycles. The van der Waals surface area contributed by atoms with Crippen LogP contribution < -0.4 is 34.7 Å². The van der Waals surface area contributed by atoms with Gasteiger partial charge in [-0.3, -0.25) is 0 Å². The molecule has 1 aliphatic rings. The van der Waals surface area contributed by atoms with Crippen molar-refractivity contribution in [1.82, 2.24) is 0 Å². The van der Waals surface area contributed by atoms with Crippen LogP contribution >= 0.6 is 15.9 Å². The summed E-state index contributed by atoms with van der Waals surface area (Å²) in [6, 6.07) is 7.15. The monoisotopic (exact) mass is 292 g/mol. The van der Waals surface area contributed by atoms with E-state index in [0.717, 1.165) is 4.47 Å². The fourth-order valence-corrected chi connectivity index (χ4v) is 2.44. The third-order valence-electron chi connectivity index (χ3n) is 3.03. The maximum Gasteiger partial charge on any atom is 1.00 e. The van der Waals surface area contributed by atoms with Crippen molar-refractivity contribution in [2.45, 2.75) is 11.8 Å². The minimum Gasteiger partial charge on any atom is -0.549 e. The molecule has 1 aromatic rings. The number of aliphatic carboxylic acids is 1. The molecule has 1 fully saturated rings. The molecule has 1 saturated carbocycles. The maximum absolute atomic E-state index is 11.1. The molecule has 3 nitrogen and oxygen atoms in total. The molecule has 0 spiro atoms. The third-order valence-corrected chi connectivity index (χ3v) is 3.52. The second-order valence-electron chi connectivity index (χ2n) is 3.85. The molecular formula is C11H10BrNaO3. The van der Waals surface area contributed by atoms with E-state index in [9.17, 15) is 9.90 Å². The van der Waals surface area contributed by atoms with Crippen LogP contribution in [0.5, 0.6) is 0 Å². The topological polar surface area (TPSA) is 60.4 Å². The second-order valence-corrected chi connectivity index (χ2v) is 4.77. The van der Waals surface area contributed by atoms with Crippen molar-refractivity contribution in [3.8, 4) is 0 Å². The largest absolute Gasteiger partial charge is 1.00 e. The molecule has 80 valence electrons. The van der Waals surface area contributed by atoms with Gasteiger partial charge in [-0.05, 0) is 30.0 Å². The molecule has 16 heavy (non-hydrogen) atoms. The minimum absolute atomic E-state index is 0. The average molecular weight is 293 g/mol. The van der Waals surface area contributed by atoms with Crippen LogP contribution in [0.2, 0.25) is 0 Å². The molecule has 5 heteroatoms. The molecule has 0 heterocycles. The number of rotatable bonds is 3. The summed E-state index contributed by atoms with van der Waals surface area (Å²) in [5.41, 5.74) is -0.269. The average Bonchev–Trinajstić information content (AvgIpc) is 2.93. The number of carbonyl (C=O) groups excluding carboxylic acids is 1. The fraction of sp³-hybridized carbons (Fsp3) is 0.364. The van der Waals surface area contributed by atoms with Gasteiger partial charge in [0.1, 0.15) is 0 Å². The Kier molecular flexibility index (Phi) is 4.60. The van der Waals surface area contributed by atoms with Gasteiger partial charge in [0.2, 0.25) is 0 Å². The molecule has 0 aliphatic heterocycles. The summed E-state index contributed by atoms with van der Waals surface area (Å²) in [5.74, 6) is -1.31. The minimum atomic E-state index is -1.10. The Morgan fingerprint density at radius 3 is 2.75 bits per heavy atom. The summed E-state index contributed by atoms with van der Waals surface area (Å²) in [7, 11) is 0. The number of carboxylic acids is 1. The van der Waals surface area contributed by atoms with Crippen LogP contribution in [0.1, 0.15) is 12.0 Å². The van der Waals surface area contributed by atoms with Gasteiger partial charge in [-0.15, -0.1) is 0 Å². The summed E-state index contributed by atoms with van der Waals surface area (Å²) in [6.45, 7) is -0.111. The number of carbonyl (C=O) groups is 1. The van der Waals surface area contributed by atoms with Crippen molar-refractivity contribution < 1.29 is 44.6 Å². The summed E-state index contributed by atoms with van der Waals surface area (Å²) in [4.78, 5) is 11.1. The second kappa shape index (κ2) is 5.19. The van der Waals surface area contributed by atoms with Crippen molar-refractivity contribution in [3.05, 3.63) is 34.3 Å². The number of benzene rings is 1. The predicted molar refractivity (Wildman–Crippen MR) is 56.0 cm³/mol. The summed E-state index contributed by atoms with van der Waals surface area (Å²) >= 11 is 3.30. The Morgan fingerprint density at radius 1 is 1.62 bits per heavy atom. The Balaban J connectivity index is 0.00000128. The molecular weight excluding hydrogens is 283 g/mol. The fourth-order valence-electron chi connectivity index (χ4n) is 2.04. The first-order valence-electron chi connectivity index (χ1n) is 4.69. The molecule has 0 amide bonds. The van der Waals surface area contributed by atoms with Crippen molar-refractivity contribution >= 4 is 21.9 Å². The molecule has 1 N–H and O–H groups in total. The van der Waals surface area contributed by atoms with E-state index in [2.05, 4.69) is 15.9 Å². The van der Waals surface area contributed by atoms with E-state index in [0.29, 0.717) is 12.0 Å². The normalized spacial score (nSPS) is 27.0. The van der Waals surface area contributed by atoms with E-state index in [-0.39, 0.29) is 42.1 Å². The van der Waals surface area contributed by atoms with E-state index in [1.54, 1.807) is 18.2 Å². The quantitative estimate of drug-likeness (QED) is 0.624. The molecule has 0 saturated heterocycles. The van der Waals surface area contributed by atoms with E-state index in [1.807, 2.05) is 6.07 Å². The van der Waals surface area contributed by atoms with E-state index in [1.165, 1.54) is 0 Å². The van der Waals surface area contributed by atoms with Gasteiger partial charge >= 0.3 is 29.6 Å². The van der Waals surface area contributed by atoms with Crippen LogP contribution in [0.25, 0.3) is 0 Å². The number of carboxylic acid groups (broad SMARTS) is 1. The van der Waals surface area contributed by atoms with Crippen LogP contribution in [-0.4, -0.2) is 17.7 Å². The number of hydrogen-bond donors (Lipinski definition) is 1. The standard InChI is InChI=1S/C11H11BrO3.Na/c12-9-3-1-2-7(4-9)11(10(14)15)5-8(11)6-13;/h1-4,8,13H,5-6H2,(H,14,15);/q;+1/p-1/t8-,11+;/m0./s1. The van der Waals surface area contributed by atoms with E-state index >= 15 is 0 Å². The van der Waals surface area contributed by atoms with Crippen LogP contribution in [0.4, 0.5) is 0 Å². The summed E-state index contributed by atoms with van der Waals surface area (Å²) < 4.78 is 0.837. The van der Waals surface area contributed by atoms with Gasteiger partial charge in [-0.25, -0.2) is 0 Å². The van der Waals surface area contributed by atoms with E-state index < -0.39 is 11.4 Å². The van der Waals surface area contributed by atoms with Crippen molar-refractivity contribution in [2.75, 3.05) is 6.61 Å². The predicted octanol–water partition coefficient (Wildman–Crippen LogP) is -2.55. The van der Waals surface area contributed by atoms with Gasteiger partial charge in [0.15, 0.2) is 0 Å². The zero-order valence-corrected chi connectivity index (χ0v) is 12.5. The first kappa shape index (κ1) is 14.2. The Bertz CT molecular complexity index is 410. The van der Waals surface area contributed by atoms with Crippen molar-refractivity contribution in [1.29, 1.82) is 0 Å². The molecule has 2 rings (SSSR count). The number of aliphatic hydroxyl groups is 1. The molecule has 0 bridgehead atoms. The maximum atomic E-state index is 11.1. The van der Waals surface area contributed by atoms with Gasteiger partial charge in [0.25, 0.3) is 0 Å². The third kappa shape index (κ3) is 2.22. The molecule has 0 unspecified atom stereocenters. The van der Waals surface area contributed by atoms with Crippen LogP contribution in [0.3, 0.4) is 0 Å². The molecule has 0 radical (unpaired) electrons. The van der Waals surface area contributed by atoms with Crippen LogP contribution in [0.15, 0.2) is 28.7 Å². The van der Waals surface area contributed by atoms with Gasteiger partial charge < -0.3 is 15.0 Å². The Hall–Kier alpha value is 0.130. The summed E-state index contributed by atoms with van der Waals surface area (Å²) in [6.07, 6.45) is 0.461. The summed E-state index contributed by atoms with van der Waals surface area (Å²) in [5, 5.41) is 20.1. The van der Waals surface area contributed by atoms with E-state index in [4.69, 9.17) is 5.11 Å². The number of halogens is 1. The molecule has 2 atom stereocenters. The van der Waals surface area contributed by atoms with Gasteiger partial charge in [0, 0.05) is 16.5 Å². The van der Waals surface area contributed by atoms with Crippen LogP contribution in [-0.2, 0) is 10.2 Å². The van der Waals surface area contributed by atoms with Crippen molar-refractivity contribution in [2.24, 2.45) is 5.92 Å². The zero-order valence-electron chi connectivity index (χ0n) is 8.94. The Labute approximate surface area is 124 Å². The van der Waals surface area contributed by atoms with Gasteiger partial charge in [-0.1, -0.05) is 28.1 Å². The SMILES string of the molecule is O=C([O-])[C@@]1(c2cccc(Br)c2)C[C@H]1CO.[Na+]. The Morgan fingerprint density at radius 2 is 2.31 bits per heavy atom. The smallest absolute Gasteiger partial charge is 0.549 e. The molecule has 0 aromatic heterocycles. The first-order chi connectivity index (χ1) is 7.11. The number of aliphatic hydroxyl groups excluding tert-OH is 1. The first-order valence-corrected chi connectivity index (χ1v) is 5.49. The molecule has 1 aromatic carbocycles. The van der Waals surface area contributed by atoms with Crippen molar-refractivity contribution in [3.63, 3.8) is 0 Å². The van der Waals surface area contributed by atoms with Crippen LogP contribution in [0, 0.1) is 5.92 Å². The van der Waals surface area contributed by atoms with Gasteiger partial charge in [-0.2, -0.15) is 0 Å².